The van der Waals surface area contributed by atoms with Gasteiger partial charge >= 0.3 is 12.1 Å². The summed E-state index contributed by atoms with van der Waals surface area (Å²) < 4.78 is 5.62. The number of fused-ring (bicyclic) bond motifs is 3. The van der Waals surface area contributed by atoms with Gasteiger partial charge in [-0.1, -0.05) is 54.6 Å². The number of carbonyl (C=O) groups is 3. The predicted molar refractivity (Wildman–Crippen MR) is 126 cm³/mol. The monoisotopic (exact) mass is 450 g/mol. The van der Waals surface area contributed by atoms with Crippen molar-refractivity contribution in [3.63, 3.8) is 0 Å². The van der Waals surface area contributed by atoms with Crippen molar-refractivity contribution in [3.05, 3.63) is 71.8 Å². The predicted octanol–water partition coefficient (Wildman–Crippen LogP) is 4.09. The van der Waals surface area contributed by atoms with Crippen molar-refractivity contribution in [1.82, 2.24) is 10.6 Å². The van der Waals surface area contributed by atoms with Gasteiger partial charge in [-0.3, -0.25) is 4.79 Å². The van der Waals surface area contributed by atoms with E-state index in [0.717, 1.165) is 28.3 Å². The second-order valence-corrected chi connectivity index (χ2v) is 9.15. The Labute approximate surface area is 193 Å². The third-order valence-corrected chi connectivity index (χ3v) is 6.53. The third kappa shape index (κ3) is 5.08. The topological polar surface area (TPSA) is 105 Å². The van der Waals surface area contributed by atoms with E-state index in [4.69, 9.17) is 9.84 Å². The smallest absolute Gasteiger partial charge is 0.407 e. The van der Waals surface area contributed by atoms with E-state index in [2.05, 4.69) is 34.9 Å². The van der Waals surface area contributed by atoms with Crippen LogP contribution in [-0.4, -0.2) is 41.8 Å². The van der Waals surface area contributed by atoms with Crippen molar-refractivity contribution in [3.8, 4) is 11.1 Å². The highest BCUT2D eigenvalue weighted by Gasteiger charge is 2.44. The van der Waals surface area contributed by atoms with Crippen LogP contribution in [0.4, 0.5) is 4.79 Å². The minimum absolute atomic E-state index is 0.0522. The number of carbonyl (C=O) groups excluding carboxylic acids is 2. The molecule has 0 heterocycles. The highest BCUT2D eigenvalue weighted by atomic mass is 16.5. The summed E-state index contributed by atoms with van der Waals surface area (Å²) in [5, 5.41) is 14.1. The fraction of sp³-hybridized carbons (Fsp3) is 0.346. The van der Waals surface area contributed by atoms with E-state index in [-0.39, 0.29) is 25.0 Å². The molecule has 7 nitrogen and oxygen atoms in total. The summed E-state index contributed by atoms with van der Waals surface area (Å²) in [4.78, 5) is 36.0. The standard InChI is InChI=1S/C26H30N2O5/c1-25(2,23(31)27-15-9-14-22(29)30)26(3,4)28-24(32)33-16-21-19-12-7-5-10-17(19)18-11-6-8-13-20(18)21/h5-14,21H,15-16H2,1-4H3,(H,27,31)(H,28,32)(H,29,30)/b14-9+. The maximum Gasteiger partial charge on any atom is 0.407 e. The number of hydrogen-bond donors (Lipinski definition) is 3. The van der Waals surface area contributed by atoms with Gasteiger partial charge in [-0.2, -0.15) is 0 Å². The van der Waals surface area contributed by atoms with Crippen LogP contribution in [0.2, 0.25) is 0 Å². The minimum Gasteiger partial charge on any atom is -0.478 e. The van der Waals surface area contributed by atoms with Crippen LogP contribution in [0, 0.1) is 5.41 Å². The first-order valence-corrected chi connectivity index (χ1v) is 10.9. The molecule has 0 aliphatic heterocycles. The third-order valence-electron chi connectivity index (χ3n) is 6.53. The Bertz CT molecular complexity index is 1040. The lowest BCUT2D eigenvalue weighted by Gasteiger charge is -2.40. The number of amides is 2. The van der Waals surface area contributed by atoms with E-state index in [1.807, 2.05) is 24.3 Å². The van der Waals surface area contributed by atoms with Gasteiger partial charge in [-0.15, -0.1) is 0 Å². The molecule has 1 aliphatic carbocycles. The van der Waals surface area contributed by atoms with Crippen LogP contribution < -0.4 is 10.6 Å². The Balaban J connectivity index is 1.63. The molecule has 0 saturated heterocycles. The van der Waals surface area contributed by atoms with Gasteiger partial charge in [0.1, 0.15) is 6.61 Å². The van der Waals surface area contributed by atoms with Crippen LogP contribution in [0.15, 0.2) is 60.7 Å². The average Bonchev–Trinajstić information content (AvgIpc) is 3.08. The second-order valence-electron chi connectivity index (χ2n) is 9.15. The fourth-order valence-corrected chi connectivity index (χ4v) is 3.86. The molecule has 0 aromatic heterocycles. The molecule has 174 valence electrons. The number of nitrogens with one attached hydrogen (secondary N) is 2. The zero-order valence-corrected chi connectivity index (χ0v) is 19.3. The molecule has 0 saturated carbocycles. The van der Waals surface area contributed by atoms with Crippen LogP contribution in [0.5, 0.6) is 0 Å². The van der Waals surface area contributed by atoms with E-state index < -0.39 is 23.0 Å². The Hall–Kier alpha value is -3.61. The quantitative estimate of drug-likeness (QED) is 0.526. The summed E-state index contributed by atoms with van der Waals surface area (Å²) in [6.45, 7) is 7.19. The maximum absolute atomic E-state index is 12.7. The molecule has 2 aromatic rings. The van der Waals surface area contributed by atoms with Crippen LogP contribution in [0.1, 0.15) is 44.7 Å². The molecule has 3 rings (SSSR count). The molecule has 3 N–H and O–H groups in total. The summed E-state index contributed by atoms with van der Waals surface area (Å²) in [6.07, 6.45) is 1.71. The van der Waals surface area contributed by atoms with Gasteiger partial charge in [0.2, 0.25) is 5.91 Å². The van der Waals surface area contributed by atoms with Crippen molar-refractivity contribution in [1.29, 1.82) is 0 Å². The van der Waals surface area contributed by atoms with Crippen molar-refractivity contribution in [2.24, 2.45) is 5.41 Å². The molecule has 2 amide bonds. The first-order valence-electron chi connectivity index (χ1n) is 10.9. The largest absolute Gasteiger partial charge is 0.478 e. The van der Waals surface area contributed by atoms with E-state index in [9.17, 15) is 14.4 Å². The number of benzene rings is 2. The summed E-state index contributed by atoms with van der Waals surface area (Å²) in [7, 11) is 0. The van der Waals surface area contributed by atoms with Crippen molar-refractivity contribution in [2.75, 3.05) is 13.2 Å². The van der Waals surface area contributed by atoms with Crippen LogP contribution in [0.3, 0.4) is 0 Å². The minimum atomic E-state index is -1.08. The summed E-state index contributed by atoms with van der Waals surface area (Å²) in [5.74, 6) is -1.45. The van der Waals surface area contributed by atoms with Crippen molar-refractivity contribution in [2.45, 2.75) is 39.2 Å². The fourth-order valence-electron chi connectivity index (χ4n) is 3.86. The molecule has 33 heavy (non-hydrogen) atoms. The van der Waals surface area contributed by atoms with Crippen molar-refractivity contribution >= 4 is 18.0 Å². The number of alkyl carbamates (subject to hydrolysis) is 1. The number of rotatable bonds is 8. The molecule has 0 fully saturated rings. The first kappa shape index (κ1) is 24.0. The number of aliphatic carboxylic acids is 1. The summed E-state index contributed by atoms with van der Waals surface area (Å²) in [6, 6.07) is 16.2. The summed E-state index contributed by atoms with van der Waals surface area (Å²) >= 11 is 0. The Kier molecular flexibility index (Phi) is 6.91. The maximum atomic E-state index is 12.7. The first-order chi connectivity index (χ1) is 15.5. The van der Waals surface area contributed by atoms with E-state index in [1.54, 1.807) is 27.7 Å². The van der Waals surface area contributed by atoms with Crippen LogP contribution in [-0.2, 0) is 14.3 Å². The lowest BCUT2D eigenvalue weighted by molar-refractivity contribution is -0.133. The Morgan fingerprint density at radius 1 is 0.970 bits per heavy atom. The molecule has 2 aromatic carbocycles. The van der Waals surface area contributed by atoms with Gasteiger partial charge in [0.15, 0.2) is 0 Å². The van der Waals surface area contributed by atoms with Gasteiger partial charge in [0.25, 0.3) is 0 Å². The summed E-state index contributed by atoms with van der Waals surface area (Å²) in [5.41, 5.74) is 2.63. The van der Waals surface area contributed by atoms with Gasteiger partial charge < -0.3 is 20.5 Å². The molecule has 0 spiro atoms. The lowest BCUT2D eigenvalue weighted by atomic mass is 9.73. The zero-order valence-electron chi connectivity index (χ0n) is 19.3. The Morgan fingerprint density at radius 2 is 1.52 bits per heavy atom. The SMILES string of the molecule is CC(C)(NC(=O)OCC1c2ccccc2-c2ccccc21)C(C)(C)C(=O)NC/C=C/C(=O)O. The lowest BCUT2D eigenvalue weighted by Crippen LogP contribution is -2.59. The van der Waals surface area contributed by atoms with Gasteiger partial charge in [-0.05, 0) is 49.9 Å². The van der Waals surface area contributed by atoms with Gasteiger partial charge in [-0.25, -0.2) is 9.59 Å². The Morgan fingerprint density at radius 3 is 2.06 bits per heavy atom. The molecular formula is C26H30N2O5. The number of carboxylic acids is 1. The highest BCUT2D eigenvalue weighted by molar-refractivity contribution is 5.85. The molecule has 0 radical (unpaired) electrons. The molecule has 1 aliphatic rings. The molecule has 0 unspecified atom stereocenters. The number of ether oxygens (including phenoxy) is 1. The number of hydrogen-bond acceptors (Lipinski definition) is 4. The van der Waals surface area contributed by atoms with E-state index in [1.165, 1.54) is 6.08 Å². The van der Waals surface area contributed by atoms with Crippen molar-refractivity contribution < 1.29 is 24.2 Å². The van der Waals surface area contributed by atoms with Gasteiger partial charge in [0.05, 0.1) is 11.0 Å². The zero-order chi connectivity index (χ0) is 24.2. The van der Waals surface area contributed by atoms with Gasteiger partial charge in [0, 0.05) is 18.5 Å². The van der Waals surface area contributed by atoms with E-state index in [0.29, 0.717) is 0 Å². The average molecular weight is 451 g/mol. The van der Waals surface area contributed by atoms with E-state index >= 15 is 0 Å². The molecule has 0 atom stereocenters. The highest BCUT2D eigenvalue weighted by Crippen LogP contribution is 2.44. The van der Waals surface area contributed by atoms with Crippen LogP contribution in [0.25, 0.3) is 11.1 Å². The normalized spacial score (nSPS) is 13.3. The number of carboxylic acid groups (broad SMARTS) is 1. The second kappa shape index (κ2) is 9.48. The molecule has 7 heteroatoms. The molecule has 0 bridgehead atoms. The van der Waals surface area contributed by atoms with Crippen LogP contribution >= 0.6 is 0 Å². The molecular weight excluding hydrogens is 420 g/mol.